The molecule has 514 valence electrons. The summed E-state index contributed by atoms with van der Waals surface area (Å²) in [7, 11) is -0.490. The SMILES string of the molecule is C.C.C.C.CC1(C)OB(c2ccc(=O)n(CCO)c2)OC1(C)C.Nc1nc(-c2ccc(F)cc2)c(-c2ccc(=O)n(CCO)c2)c2nc(Cc3c(F)cccc3F)nn12.Nc1nc(-c2ccc(F)cc2)c(Br)c2nc(Cc3c(F)cccc3F)nn12.O=c1ccc(Br)cn1CCO. The number of aliphatic hydroxyl groups is 3. The third kappa shape index (κ3) is 18.1. The van der Waals surface area contributed by atoms with Crippen molar-refractivity contribution in [2.24, 2.45) is 0 Å². The maximum absolute atomic E-state index is 14.3. The summed E-state index contributed by atoms with van der Waals surface area (Å²) < 4.78 is 103. The lowest BCUT2D eigenvalue weighted by atomic mass is 9.80. The van der Waals surface area contributed by atoms with Gasteiger partial charge in [-0.15, -0.1) is 10.2 Å². The number of hydrogen-bond donors (Lipinski definition) is 5. The Morgan fingerprint density at radius 1 is 0.485 bits per heavy atom. The third-order valence-corrected chi connectivity index (χ3v) is 16.1. The van der Waals surface area contributed by atoms with Crippen molar-refractivity contribution in [3.8, 4) is 33.6 Å². The van der Waals surface area contributed by atoms with Crippen molar-refractivity contribution in [3.05, 3.63) is 238 Å². The van der Waals surface area contributed by atoms with Crippen LogP contribution in [0.3, 0.4) is 0 Å². The van der Waals surface area contributed by atoms with Crippen LogP contribution in [0.25, 0.3) is 44.9 Å². The molecule has 97 heavy (non-hydrogen) atoms. The van der Waals surface area contributed by atoms with Crippen LogP contribution in [0.4, 0.5) is 38.2 Å². The lowest BCUT2D eigenvalue weighted by molar-refractivity contribution is 0.00578. The van der Waals surface area contributed by atoms with Crippen LogP contribution in [0.2, 0.25) is 0 Å². The van der Waals surface area contributed by atoms with E-state index in [2.05, 4.69) is 62.0 Å². The Morgan fingerprint density at radius 3 is 1.33 bits per heavy atom. The molecule has 1 fully saturated rings. The molecule has 1 saturated heterocycles. The predicted octanol–water partition coefficient (Wildman–Crippen LogP) is 10.6. The molecule has 7 N–H and O–H groups in total. The number of hydrogen-bond acceptors (Lipinski definition) is 16. The van der Waals surface area contributed by atoms with Crippen molar-refractivity contribution in [1.82, 2.24) is 52.9 Å². The van der Waals surface area contributed by atoms with E-state index in [0.29, 0.717) is 50.3 Å². The largest absolute Gasteiger partial charge is 0.496 e. The first-order valence-electron chi connectivity index (χ1n) is 28.4. The van der Waals surface area contributed by atoms with E-state index in [1.165, 1.54) is 108 Å². The number of nitrogens with zero attached hydrogens (tertiary/aromatic N) is 11. The number of halogens is 8. The number of aliphatic hydroxyl groups excluding tert-OH is 3. The van der Waals surface area contributed by atoms with Gasteiger partial charge in [-0.25, -0.2) is 46.3 Å². The highest BCUT2D eigenvalue weighted by Crippen LogP contribution is 2.38. The van der Waals surface area contributed by atoms with E-state index in [4.69, 9.17) is 31.0 Å². The molecule has 4 aromatic carbocycles. The Morgan fingerprint density at radius 2 is 0.866 bits per heavy atom. The van der Waals surface area contributed by atoms with Crippen molar-refractivity contribution in [1.29, 1.82) is 0 Å². The molecule has 12 rings (SSSR count). The van der Waals surface area contributed by atoms with Gasteiger partial charge in [0.2, 0.25) is 11.9 Å². The van der Waals surface area contributed by atoms with Crippen molar-refractivity contribution < 1.29 is 51.0 Å². The van der Waals surface area contributed by atoms with Crippen LogP contribution in [0, 0.1) is 34.9 Å². The molecule has 8 heterocycles. The maximum atomic E-state index is 14.3. The predicted molar refractivity (Wildman–Crippen MR) is 370 cm³/mol. The maximum Gasteiger partial charge on any atom is 0.496 e. The van der Waals surface area contributed by atoms with Gasteiger partial charge in [0.15, 0.2) is 22.9 Å². The van der Waals surface area contributed by atoms with E-state index in [1.807, 2.05) is 27.7 Å². The van der Waals surface area contributed by atoms with Crippen LogP contribution in [0.1, 0.15) is 80.2 Å². The van der Waals surface area contributed by atoms with E-state index in [0.717, 1.165) is 22.1 Å². The van der Waals surface area contributed by atoms with Gasteiger partial charge in [0.05, 0.1) is 52.4 Å². The van der Waals surface area contributed by atoms with Gasteiger partial charge in [-0.3, -0.25) is 14.4 Å². The first-order chi connectivity index (χ1) is 44.3. The van der Waals surface area contributed by atoms with Crippen LogP contribution < -0.4 is 33.6 Å². The molecular formula is C67H74BBr2F6N13O8. The number of nitrogen functional groups attached to an aromatic ring is 2. The molecule has 30 heteroatoms. The Balaban J connectivity index is 0.000000247. The zero-order chi connectivity index (χ0) is 67.1. The fourth-order valence-electron chi connectivity index (χ4n) is 9.42. The van der Waals surface area contributed by atoms with E-state index < -0.39 is 47.4 Å². The van der Waals surface area contributed by atoms with Gasteiger partial charge in [0.25, 0.3) is 16.7 Å². The minimum absolute atomic E-state index is 0. The van der Waals surface area contributed by atoms with Gasteiger partial charge in [0.1, 0.15) is 34.9 Å². The normalized spacial score (nSPS) is 12.5. The molecule has 7 aromatic heterocycles. The van der Waals surface area contributed by atoms with E-state index in [9.17, 15) is 45.8 Å². The summed E-state index contributed by atoms with van der Waals surface area (Å²) in [6.07, 6.45) is 4.48. The van der Waals surface area contributed by atoms with E-state index in [1.54, 1.807) is 42.7 Å². The summed E-state index contributed by atoms with van der Waals surface area (Å²) >= 11 is 6.64. The molecule has 21 nitrogen and oxygen atoms in total. The molecule has 0 radical (unpaired) electrons. The first-order valence-corrected chi connectivity index (χ1v) is 30.0. The van der Waals surface area contributed by atoms with Crippen molar-refractivity contribution in [3.63, 3.8) is 0 Å². The highest BCUT2D eigenvalue weighted by atomic mass is 79.9. The van der Waals surface area contributed by atoms with Crippen molar-refractivity contribution in [2.75, 3.05) is 31.3 Å². The van der Waals surface area contributed by atoms with E-state index >= 15 is 0 Å². The minimum Gasteiger partial charge on any atom is -0.399 e. The lowest BCUT2D eigenvalue weighted by Crippen LogP contribution is -2.41. The van der Waals surface area contributed by atoms with Crippen LogP contribution in [-0.4, -0.2) is 106 Å². The number of nitrogens with two attached hydrogens (primary N) is 2. The monoisotopic (exact) mass is 1470 g/mol. The average Bonchev–Trinajstić information content (AvgIpc) is 1.70. The first kappa shape index (κ1) is 78.5. The smallest absolute Gasteiger partial charge is 0.399 e. The molecule has 1 aliphatic rings. The second-order valence-electron chi connectivity index (χ2n) is 21.7. The quantitative estimate of drug-likeness (QED) is 0.0500. The van der Waals surface area contributed by atoms with Crippen LogP contribution in [0.15, 0.2) is 163 Å². The van der Waals surface area contributed by atoms with Crippen molar-refractivity contribution >= 4 is 67.6 Å². The van der Waals surface area contributed by atoms with Gasteiger partial charge < -0.3 is 49.8 Å². The molecule has 0 spiro atoms. The lowest BCUT2D eigenvalue weighted by Gasteiger charge is -2.32. The third-order valence-electron chi connectivity index (χ3n) is 14.9. The molecule has 0 saturated carbocycles. The molecule has 0 bridgehead atoms. The molecule has 0 aliphatic carbocycles. The number of fused-ring (bicyclic) bond motifs is 2. The van der Waals surface area contributed by atoms with Gasteiger partial charge in [-0.05, 0) is 150 Å². The zero-order valence-corrected chi connectivity index (χ0v) is 53.2. The number of aromatic nitrogens is 11. The molecule has 0 atom stereocenters. The second-order valence-corrected chi connectivity index (χ2v) is 23.4. The number of anilines is 2. The van der Waals surface area contributed by atoms with Crippen LogP contribution >= 0.6 is 31.9 Å². The Bertz CT molecular complexity index is 4650. The average molecular weight is 1470 g/mol. The minimum atomic E-state index is -0.733. The molecule has 11 aromatic rings. The van der Waals surface area contributed by atoms with Gasteiger partial charge in [0, 0.05) is 102 Å². The van der Waals surface area contributed by atoms with Gasteiger partial charge >= 0.3 is 7.12 Å². The number of benzene rings is 4. The Kier molecular flexibility index (Phi) is 27.3. The summed E-state index contributed by atoms with van der Waals surface area (Å²) in [5.41, 5.74) is 14.6. The summed E-state index contributed by atoms with van der Waals surface area (Å²) in [6.45, 7) is 8.25. The standard InChI is InChI=1S/C25H19F3N6O2.C18H11BrF3N5.C13H20BNO4.C7H8BrNO2.4CH4/c26-16-7-4-14(5-8-16)23-22(15-6-9-21(36)33(13-15)10-11-35)24-30-20(32-34(24)25(29)31-23)12-17-18(27)2-1-3-19(17)28;19-15-16(9-4-6-10(20)7-5-9)25-18(23)27-17(15)24-14(26-27)8-11-12(21)2-1-3-13(11)22;1-12(2)13(3,4)19-14(18-12)10-5-6-11(17)15(9-10)7-8-16;8-6-1-2-7(11)9(5-6)3-4-10;;;;/h1-9,13,35H,10-12H2,(H2,29,31);1-7H,8H2,(H2,23,25);5-6,9,16H,7-8H2,1-4H3;1-2,5,10H,3-4H2;4*1H4. The Labute approximate surface area is 572 Å². The number of rotatable bonds is 14. The van der Waals surface area contributed by atoms with Crippen molar-refractivity contribution in [2.45, 2.75) is 101 Å². The summed E-state index contributed by atoms with van der Waals surface area (Å²) in [6, 6.07) is 27.7. The zero-order valence-electron chi connectivity index (χ0n) is 50.0. The molecule has 0 unspecified atom stereocenters. The molecule has 0 amide bonds. The Hall–Kier alpha value is -9.17. The second kappa shape index (κ2) is 33.7. The summed E-state index contributed by atoms with van der Waals surface area (Å²) in [4.78, 5) is 52.4. The fourth-order valence-corrected chi connectivity index (χ4v) is 10.4. The summed E-state index contributed by atoms with van der Waals surface area (Å²) in [5.74, 6) is -3.37. The molecular weight excluding hydrogens is 1400 g/mol. The van der Waals surface area contributed by atoms with Crippen LogP contribution in [-0.2, 0) is 41.8 Å². The highest BCUT2D eigenvalue weighted by Gasteiger charge is 2.52. The molecule has 1 aliphatic heterocycles. The van der Waals surface area contributed by atoms with Crippen LogP contribution in [0.5, 0.6) is 0 Å². The van der Waals surface area contributed by atoms with Gasteiger partial charge in [-0.2, -0.15) is 9.03 Å². The van der Waals surface area contributed by atoms with Gasteiger partial charge in [-0.1, -0.05) is 47.9 Å². The summed E-state index contributed by atoms with van der Waals surface area (Å²) in [5, 5.41) is 35.4. The van der Waals surface area contributed by atoms with E-state index in [-0.39, 0.29) is 138 Å². The number of pyridine rings is 3. The fraction of sp³-hybridized carbons (Fsp3) is 0.269. The highest BCUT2D eigenvalue weighted by molar-refractivity contribution is 9.11. The topological polar surface area (TPSA) is 283 Å².